The van der Waals surface area contributed by atoms with Crippen molar-refractivity contribution in [3.05, 3.63) is 11.2 Å². The number of hydrogen-bond donors (Lipinski definition) is 1. The highest BCUT2D eigenvalue weighted by Crippen LogP contribution is 2.21. The molecule has 1 heterocycles. The van der Waals surface area contributed by atoms with Crippen molar-refractivity contribution in [3.63, 3.8) is 0 Å². The molecular formula is C9H14ClN3S. The molecule has 0 bridgehead atoms. The molecule has 0 spiro atoms. The first-order valence-electron chi connectivity index (χ1n) is 4.51. The monoisotopic (exact) mass is 231 g/mol. The third kappa shape index (κ3) is 4.15. The number of nitrogens with zero attached hydrogens (tertiary/aromatic N) is 2. The number of halogens is 1. The predicted octanol–water partition coefficient (Wildman–Crippen LogP) is 2.85. The number of nitrogen functional groups attached to an aromatic ring is 1. The fourth-order valence-corrected chi connectivity index (χ4v) is 2.29. The van der Waals surface area contributed by atoms with E-state index in [1.807, 2.05) is 0 Å². The minimum atomic E-state index is 0.240. The van der Waals surface area contributed by atoms with Gasteiger partial charge in [-0.3, -0.25) is 0 Å². The van der Waals surface area contributed by atoms with E-state index in [1.165, 1.54) is 0 Å². The highest BCUT2D eigenvalue weighted by Gasteiger charge is 2.01. The quantitative estimate of drug-likeness (QED) is 0.640. The van der Waals surface area contributed by atoms with E-state index in [-0.39, 0.29) is 5.95 Å². The van der Waals surface area contributed by atoms with Crippen LogP contribution in [0, 0.1) is 5.92 Å². The number of rotatable bonds is 4. The van der Waals surface area contributed by atoms with Gasteiger partial charge in [-0.1, -0.05) is 25.4 Å². The highest BCUT2D eigenvalue weighted by atomic mass is 35.5. The number of hydrogen-bond acceptors (Lipinski definition) is 4. The Bertz CT molecular complexity index is 284. The average Bonchev–Trinajstić information content (AvgIpc) is 2.01. The van der Waals surface area contributed by atoms with Gasteiger partial charge in [0, 0.05) is 6.07 Å². The van der Waals surface area contributed by atoms with Crippen LogP contribution in [-0.2, 0) is 0 Å². The second kappa shape index (κ2) is 5.41. The molecular weight excluding hydrogens is 218 g/mol. The molecule has 0 amide bonds. The van der Waals surface area contributed by atoms with E-state index in [9.17, 15) is 0 Å². The van der Waals surface area contributed by atoms with E-state index >= 15 is 0 Å². The van der Waals surface area contributed by atoms with Crippen molar-refractivity contribution in [2.24, 2.45) is 5.92 Å². The lowest BCUT2D eigenvalue weighted by Gasteiger charge is -2.04. The Morgan fingerprint density at radius 2 is 2.21 bits per heavy atom. The molecule has 2 N–H and O–H groups in total. The number of anilines is 1. The van der Waals surface area contributed by atoms with Crippen molar-refractivity contribution < 1.29 is 0 Å². The SMILES string of the molecule is CC(C)CCSc1cc(Cl)nc(N)n1. The zero-order chi connectivity index (χ0) is 10.6. The van der Waals surface area contributed by atoms with Crippen molar-refractivity contribution >= 4 is 29.3 Å². The van der Waals surface area contributed by atoms with Crippen LogP contribution in [-0.4, -0.2) is 15.7 Å². The molecule has 0 fully saturated rings. The zero-order valence-corrected chi connectivity index (χ0v) is 9.90. The molecule has 0 radical (unpaired) electrons. The summed E-state index contributed by atoms with van der Waals surface area (Å²) in [5, 5.41) is 1.26. The molecule has 0 unspecified atom stereocenters. The summed E-state index contributed by atoms with van der Waals surface area (Å²) in [6.45, 7) is 4.39. The highest BCUT2D eigenvalue weighted by molar-refractivity contribution is 7.99. The van der Waals surface area contributed by atoms with Gasteiger partial charge in [0.15, 0.2) is 0 Å². The van der Waals surface area contributed by atoms with E-state index in [0.29, 0.717) is 11.1 Å². The molecule has 0 aromatic carbocycles. The molecule has 1 aromatic heterocycles. The van der Waals surface area contributed by atoms with Crippen LogP contribution in [0.5, 0.6) is 0 Å². The van der Waals surface area contributed by atoms with Crippen LogP contribution in [0.1, 0.15) is 20.3 Å². The number of nitrogens with two attached hydrogens (primary N) is 1. The van der Waals surface area contributed by atoms with Crippen LogP contribution in [0.2, 0.25) is 5.15 Å². The third-order valence-electron chi connectivity index (χ3n) is 1.63. The Morgan fingerprint density at radius 1 is 1.50 bits per heavy atom. The first kappa shape index (κ1) is 11.6. The predicted molar refractivity (Wildman–Crippen MR) is 61.6 cm³/mol. The number of aromatic nitrogens is 2. The maximum absolute atomic E-state index is 5.75. The molecule has 0 saturated heterocycles. The largest absolute Gasteiger partial charge is 0.368 e. The van der Waals surface area contributed by atoms with Crippen molar-refractivity contribution in [3.8, 4) is 0 Å². The van der Waals surface area contributed by atoms with Crippen molar-refractivity contribution in [1.82, 2.24) is 9.97 Å². The maximum Gasteiger partial charge on any atom is 0.222 e. The molecule has 78 valence electrons. The van der Waals surface area contributed by atoms with Gasteiger partial charge in [-0.2, -0.15) is 0 Å². The van der Waals surface area contributed by atoms with Crippen LogP contribution in [0.15, 0.2) is 11.1 Å². The minimum absolute atomic E-state index is 0.240. The molecule has 5 heteroatoms. The first-order valence-corrected chi connectivity index (χ1v) is 5.87. The van der Waals surface area contributed by atoms with Gasteiger partial charge in [0.2, 0.25) is 5.95 Å². The van der Waals surface area contributed by atoms with Crippen LogP contribution in [0.25, 0.3) is 0 Å². The summed E-state index contributed by atoms with van der Waals surface area (Å²) in [7, 11) is 0. The lowest BCUT2D eigenvalue weighted by molar-refractivity contribution is 0.632. The molecule has 0 aliphatic rings. The second-order valence-electron chi connectivity index (χ2n) is 3.42. The van der Waals surface area contributed by atoms with E-state index < -0.39 is 0 Å². The minimum Gasteiger partial charge on any atom is -0.368 e. The average molecular weight is 232 g/mol. The van der Waals surface area contributed by atoms with Gasteiger partial charge in [0.1, 0.15) is 10.2 Å². The van der Waals surface area contributed by atoms with Crippen molar-refractivity contribution in [2.75, 3.05) is 11.5 Å². The van der Waals surface area contributed by atoms with E-state index in [1.54, 1.807) is 17.8 Å². The Hall–Kier alpha value is -0.480. The Labute approximate surface area is 93.5 Å². The maximum atomic E-state index is 5.75. The second-order valence-corrected chi connectivity index (χ2v) is 4.92. The van der Waals surface area contributed by atoms with Crippen molar-refractivity contribution in [2.45, 2.75) is 25.3 Å². The van der Waals surface area contributed by atoms with Gasteiger partial charge in [-0.25, -0.2) is 9.97 Å². The Kier molecular flexibility index (Phi) is 4.48. The summed E-state index contributed by atoms with van der Waals surface area (Å²) in [4.78, 5) is 7.87. The van der Waals surface area contributed by atoms with E-state index in [2.05, 4.69) is 23.8 Å². The smallest absolute Gasteiger partial charge is 0.222 e. The third-order valence-corrected chi connectivity index (χ3v) is 2.77. The lowest BCUT2D eigenvalue weighted by Crippen LogP contribution is -1.96. The van der Waals surface area contributed by atoms with E-state index in [4.69, 9.17) is 17.3 Å². The molecule has 0 saturated carbocycles. The molecule has 1 aromatic rings. The van der Waals surface area contributed by atoms with Crippen LogP contribution < -0.4 is 5.73 Å². The fourth-order valence-electron chi connectivity index (χ4n) is 0.887. The van der Waals surface area contributed by atoms with Crippen LogP contribution >= 0.6 is 23.4 Å². The summed E-state index contributed by atoms with van der Waals surface area (Å²) in [5.74, 6) is 1.98. The topological polar surface area (TPSA) is 51.8 Å². The molecule has 0 atom stereocenters. The van der Waals surface area contributed by atoms with Gasteiger partial charge < -0.3 is 5.73 Å². The molecule has 0 aliphatic carbocycles. The van der Waals surface area contributed by atoms with Crippen LogP contribution in [0.3, 0.4) is 0 Å². The first-order chi connectivity index (χ1) is 6.58. The Balaban J connectivity index is 2.50. The molecule has 3 nitrogen and oxygen atoms in total. The van der Waals surface area contributed by atoms with E-state index in [0.717, 1.165) is 17.2 Å². The van der Waals surface area contributed by atoms with Crippen molar-refractivity contribution in [1.29, 1.82) is 0 Å². The molecule has 0 aliphatic heterocycles. The van der Waals surface area contributed by atoms with Gasteiger partial charge in [0.05, 0.1) is 0 Å². The normalized spacial score (nSPS) is 10.9. The summed E-state index contributed by atoms with van der Waals surface area (Å²) < 4.78 is 0. The van der Waals surface area contributed by atoms with Crippen LogP contribution in [0.4, 0.5) is 5.95 Å². The van der Waals surface area contributed by atoms with Gasteiger partial charge >= 0.3 is 0 Å². The summed E-state index contributed by atoms with van der Waals surface area (Å²) in [5.41, 5.74) is 5.47. The van der Waals surface area contributed by atoms with Gasteiger partial charge in [-0.15, -0.1) is 11.8 Å². The lowest BCUT2D eigenvalue weighted by atomic mass is 10.2. The number of thioether (sulfide) groups is 1. The summed E-state index contributed by atoms with van der Waals surface area (Å²) in [6.07, 6.45) is 1.16. The summed E-state index contributed by atoms with van der Waals surface area (Å²) >= 11 is 7.41. The molecule has 1 rings (SSSR count). The standard InChI is InChI=1S/C9H14ClN3S/c1-6(2)3-4-14-8-5-7(10)12-9(11)13-8/h5-6H,3-4H2,1-2H3,(H2,11,12,13). The summed E-state index contributed by atoms with van der Waals surface area (Å²) in [6, 6.07) is 1.74. The van der Waals surface area contributed by atoms with Gasteiger partial charge in [0.25, 0.3) is 0 Å². The molecule has 14 heavy (non-hydrogen) atoms. The fraction of sp³-hybridized carbons (Fsp3) is 0.556. The van der Waals surface area contributed by atoms with Gasteiger partial charge in [-0.05, 0) is 18.1 Å². The Morgan fingerprint density at radius 3 is 2.79 bits per heavy atom. The zero-order valence-electron chi connectivity index (χ0n) is 8.33.